The SMILES string of the molecule is CCNC(=NCCS(=O)(=O)CC)NC1CC(C)(C)Oc2ccccc21.I. The zero-order chi connectivity index (χ0) is 18.5. The summed E-state index contributed by atoms with van der Waals surface area (Å²) in [6.07, 6.45) is 0.793. The van der Waals surface area contributed by atoms with Gasteiger partial charge < -0.3 is 15.4 Å². The number of benzene rings is 1. The van der Waals surface area contributed by atoms with Crippen molar-refractivity contribution in [3.05, 3.63) is 29.8 Å². The lowest BCUT2D eigenvalue weighted by Gasteiger charge is -2.38. The molecule has 2 N–H and O–H groups in total. The molecule has 1 aliphatic rings. The van der Waals surface area contributed by atoms with Gasteiger partial charge in [0.2, 0.25) is 0 Å². The first kappa shape index (κ1) is 23.0. The topological polar surface area (TPSA) is 79.8 Å². The first-order valence-corrected chi connectivity index (χ1v) is 10.6. The molecular weight excluding hydrogens is 465 g/mol. The second-order valence-corrected chi connectivity index (χ2v) is 9.27. The monoisotopic (exact) mass is 495 g/mol. The molecule has 1 unspecified atom stereocenters. The molecule has 0 saturated heterocycles. The molecule has 1 aliphatic heterocycles. The fourth-order valence-corrected chi connectivity index (χ4v) is 3.52. The van der Waals surface area contributed by atoms with Crippen molar-refractivity contribution < 1.29 is 13.2 Å². The fourth-order valence-electron chi connectivity index (χ4n) is 2.86. The van der Waals surface area contributed by atoms with Crippen LogP contribution >= 0.6 is 24.0 Å². The number of hydrogen-bond acceptors (Lipinski definition) is 4. The van der Waals surface area contributed by atoms with Crippen LogP contribution in [0.2, 0.25) is 0 Å². The van der Waals surface area contributed by atoms with Crippen LogP contribution in [-0.4, -0.2) is 44.6 Å². The van der Waals surface area contributed by atoms with Gasteiger partial charge in [-0.3, -0.25) is 4.99 Å². The predicted octanol–water partition coefficient (Wildman–Crippen LogP) is 2.90. The Morgan fingerprint density at radius 1 is 1.31 bits per heavy atom. The van der Waals surface area contributed by atoms with Gasteiger partial charge in [-0.2, -0.15) is 0 Å². The molecule has 0 saturated carbocycles. The molecule has 8 heteroatoms. The lowest BCUT2D eigenvalue weighted by Crippen LogP contribution is -2.45. The van der Waals surface area contributed by atoms with Crippen molar-refractivity contribution in [3.63, 3.8) is 0 Å². The van der Waals surface area contributed by atoms with Gasteiger partial charge in [-0.1, -0.05) is 25.1 Å². The highest BCUT2D eigenvalue weighted by Crippen LogP contribution is 2.39. The summed E-state index contributed by atoms with van der Waals surface area (Å²) < 4.78 is 29.4. The number of guanidine groups is 1. The maximum absolute atomic E-state index is 11.7. The van der Waals surface area contributed by atoms with Gasteiger partial charge in [-0.25, -0.2) is 8.42 Å². The maximum Gasteiger partial charge on any atom is 0.191 e. The summed E-state index contributed by atoms with van der Waals surface area (Å²) in [6.45, 7) is 8.73. The first-order chi connectivity index (χ1) is 11.8. The Kier molecular flexibility index (Phi) is 8.65. The lowest BCUT2D eigenvalue weighted by molar-refractivity contribution is 0.0694. The van der Waals surface area contributed by atoms with Crippen molar-refractivity contribution in [2.24, 2.45) is 4.99 Å². The third-order valence-corrected chi connectivity index (χ3v) is 5.83. The van der Waals surface area contributed by atoms with Gasteiger partial charge in [-0.05, 0) is 26.8 Å². The van der Waals surface area contributed by atoms with Gasteiger partial charge in [0, 0.05) is 24.3 Å². The molecule has 0 fully saturated rings. The second-order valence-electron chi connectivity index (χ2n) is 6.80. The van der Waals surface area contributed by atoms with Gasteiger partial charge >= 0.3 is 0 Å². The smallest absolute Gasteiger partial charge is 0.191 e. The third-order valence-electron chi connectivity index (χ3n) is 4.14. The molecule has 0 radical (unpaired) electrons. The van der Waals surface area contributed by atoms with Crippen LogP contribution in [0.15, 0.2) is 29.3 Å². The number of fused-ring (bicyclic) bond motifs is 1. The Labute approximate surface area is 174 Å². The van der Waals surface area contributed by atoms with Gasteiger partial charge in [-0.15, -0.1) is 24.0 Å². The molecular formula is C18H30IN3O3S. The fraction of sp³-hybridized carbons (Fsp3) is 0.611. The van der Waals surface area contributed by atoms with Crippen LogP contribution in [-0.2, 0) is 9.84 Å². The Balaban J connectivity index is 0.00000338. The lowest BCUT2D eigenvalue weighted by atomic mass is 9.90. The molecule has 0 amide bonds. The Morgan fingerprint density at radius 2 is 2.00 bits per heavy atom. The van der Waals surface area contributed by atoms with Gasteiger partial charge in [0.25, 0.3) is 0 Å². The molecule has 0 bridgehead atoms. The summed E-state index contributed by atoms with van der Waals surface area (Å²) in [5.41, 5.74) is 0.808. The highest BCUT2D eigenvalue weighted by molar-refractivity contribution is 14.0. The van der Waals surface area contributed by atoms with Crippen LogP contribution in [0.3, 0.4) is 0 Å². The summed E-state index contributed by atoms with van der Waals surface area (Å²) in [7, 11) is -3.01. The average molecular weight is 495 g/mol. The number of nitrogens with one attached hydrogen (secondary N) is 2. The van der Waals surface area contributed by atoms with E-state index in [9.17, 15) is 8.42 Å². The Morgan fingerprint density at radius 3 is 2.65 bits per heavy atom. The summed E-state index contributed by atoms with van der Waals surface area (Å²) >= 11 is 0. The molecule has 2 rings (SSSR count). The van der Waals surface area contributed by atoms with Gasteiger partial charge in [0.15, 0.2) is 15.8 Å². The number of aliphatic imine (C=N–C) groups is 1. The van der Waals surface area contributed by atoms with E-state index in [1.807, 2.05) is 31.2 Å². The Bertz CT molecular complexity index is 720. The molecule has 0 aliphatic carbocycles. The van der Waals surface area contributed by atoms with E-state index in [-0.39, 0.29) is 53.7 Å². The molecule has 26 heavy (non-hydrogen) atoms. The summed E-state index contributed by atoms with van der Waals surface area (Å²) in [4.78, 5) is 4.44. The van der Waals surface area contributed by atoms with E-state index in [4.69, 9.17) is 4.74 Å². The molecule has 0 aromatic heterocycles. The van der Waals surface area contributed by atoms with Gasteiger partial charge in [0.1, 0.15) is 11.4 Å². The zero-order valence-corrected chi connectivity index (χ0v) is 19.1. The van der Waals surface area contributed by atoms with Crippen molar-refractivity contribution in [1.29, 1.82) is 0 Å². The quantitative estimate of drug-likeness (QED) is 0.361. The highest BCUT2D eigenvalue weighted by Gasteiger charge is 2.33. The van der Waals surface area contributed by atoms with E-state index in [1.54, 1.807) is 6.92 Å². The van der Waals surface area contributed by atoms with Gasteiger partial charge in [0.05, 0.1) is 18.3 Å². The average Bonchev–Trinajstić information content (AvgIpc) is 2.54. The van der Waals surface area contributed by atoms with E-state index in [1.165, 1.54) is 0 Å². The van der Waals surface area contributed by atoms with Crippen molar-refractivity contribution in [3.8, 4) is 5.75 Å². The zero-order valence-electron chi connectivity index (χ0n) is 15.9. The van der Waals surface area contributed by atoms with E-state index >= 15 is 0 Å². The van der Waals surface area contributed by atoms with Crippen LogP contribution in [0.5, 0.6) is 5.75 Å². The molecule has 1 aromatic rings. The number of halogens is 1. The molecule has 6 nitrogen and oxygen atoms in total. The van der Waals surface area contributed by atoms with Crippen LogP contribution in [0.25, 0.3) is 0 Å². The largest absolute Gasteiger partial charge is 0.487 e. The molecule has 1 aromatic carbocycles. The van der Waals surface area contributed by atoms with Crippen LogP contribution in [0, 0.1) is 0 Å². The summed E-state index contributed by atoms with van der Waals surface area (Å²) in [5, 5.41) is 6.63. The second kappa shape index (κ2) is 9.77. The van der Waals surface area contributed by atoms with E-state index in [2.05, 4.69) is 29.5 Å². The number of hydrogen-bond donors (Lipinski definition) is 2. The minimum atomic E-state index is -3.01. The van der Waals surface area contributed by atoms with Crippen molar-refractivity contribution in [2.45, 2.75) is 45.8 Å². The van der Waals surface area contributed by atoms with Crippen LogP contribution < -0.4 is 15.4 Å². The number of ether oxygens (including phenoxy) is 1. The highest BCUT2D eigenvalue weighted by atomic mass is 127. The van der Waals surface area contributed by atoms with Crippen molar-refractivity contribution in [1.82, 2.24) is 10.6 Å². The summed E-state index contributed by atoms with van der Waals surface area (Å²) in [6, 6.07) is 8.04. The maximum atomic E-state index is 11.7. The number of rotatable bonds is 6. The number of sulfone groups is 1. The molecule has 1 heterocycles. The standard InChI is InChI=1S/C18H29N3O3S.HI/c1-5-19-17(20-11-12-25(22,23)6-2)21-15-13-18(3,4)24-16-10-8-7-9-14(15)16;/h7-10,15H,5-6,11-13H2,1-4H3,(H2,19,20,21);1H. The Hall–Kier alpha value is -1.03. The number of nitrogens with zero attached hydrogens (tertiary/aromatic N) is 1. The van der Waals surface area contributed by atoms with Crippen molar-refractivity contribution >= 4 is 39.8 Å². The minimum Gasteiger partial charge on any atom is -0.487 e. The first-order valence-electron chi connectivity index (χ1n) is 8.79. The van der Waals surface area contributed by atoms with E-state index in [0.29, 0.717) is 12.5 Å². The van der Waals surface area contributed by atoms with E-state index in [0.717, 1.165) is 17.7 Å². The predicted molar refractivity (Wildman–Crippen MR) is 117 cm³/mol. The van der Waals surface area contributed by atoms with Crippen LogP contribution in [0.1, 0.15) is 45.7 Å². The van der Waals surface area contributed by atoms with Crippen molar-refractivity contribution in [2.75, 3.05) is 24.6 Å². The minimum absolute atomic E-state index is 0. The molecule has 1 atom stereocenters. The van der Waals surface area contributed by atoms with Crippen LogP contribution in [0.4, 0.5) is 0 Å². The number of para-hydroxylation sites is 1. The summed E-state index contributed by atoms with van der Waals surface area (Å²) in [5.74, 6) is 1.72. The molecule has 148 valence electrons. The van der Waals surface area contributed by atoms with E-state index < -0.39 is 9.84 Å². The normalized spacial score (nSPS) is 18.9. The molecule has 0 spiro atoms. The third kappa shape index (κ3) is 6.61.